The zero-order chi connectivity index (χ0) is 15.3. The Hall–Kier alpha value is -0.810. The third-order valence-electron chi connectivity index (χ3n) is 4.08. The van der Waals surface area contributed by atoms with E-state index in [2.05, 4.69) is 0 Å². The molecule has 0 bridgehead atoms. The number of rotatable bonds is 3. The minimum absolute atomic E-state index is 0.115. The monoisotopic (exact) mass is 317 g/mol. The number of carbonyl (C=O) groups is 1. The molecule has 1 aliphatic rings. The summed E-state index contributed by atoms with van der Waals surface area (Å²) < 4.78 is 25.6. The molecular formula is C14H20ClNO3S. The van der Waals surface area contributed by atoms with Gasteiger partial charge in [-0.3, -0.25) is 4.79 Å². The highest BCUT2D eigenvalue weighted by Crippen LogP contribution is 2.35. The molecule has 1 fully saturated rings. The highest BCUT2D eigenvalue weighted by molar-refractivity contribution is 7.91. The predicted molar refractivity (Wildman–Crippen MR) is 80.5 cm³/mol. The number of ketones is 1. The van der Waals surface area contributed by atoms with Crippen molar-refractivity contribution >= 4 is 27.2 Å². The fourth-order valence-corrected chi connectivity index (χ4v) is 5.46. The van der Waals surface area contributed by atoms with E-state index in [1.165, 1.54) is 0 Å². The van der Waals surface area contributed by atoms with Crippen molar-refractivity contribution in [3.05, 3.63) is 23.0 Å². The first kappa shape index (κ1) is 15.6. The maximum Gasteiger partial charge on any atom is 0.182 e. The zero-order valence-corrected chi connectivity index (χ0v) is 13.8. The van der Waals surface area contributed by atoms with Gasteiger partial charge in [-0.25, -0.2) is 8.42 Å². The summed E-state index contributed by atoms with van der Waals surface area (Å²) in [4.78, 5) is 12.1. The average Bonchev–Trinajstić information content (AvgIpc) is 2.75. The number of Topliss-reactive ketones (excluding diaryl/α,β-unsaturated/α-hetero) is 1. The second-order valence-electron chi connectivity index (χ2n) is 5.94. The summed E-state index contributed by atoms with van der Waals surface area (Å²) in [5.41, 5.74) is 1.83. The molecule has 1 aromatic rings. The van der Waals surface area contributed by atoms with Gasteiger partial charge in [0.1, 0.15) is 0 Å². The first-order valence-corrected chi connectivity index (χ1v) is 8.91. The molecule has 0 radical (unpaired) electrons. The van der Waals surface area contributed by atoms with Crippen LogP contribution in [0, 0.1) is 13.8 Å². The van der Waals surface area contributed by atoms with E-state index in [1.807, 2.05) is 31.4 Å². The lowest BCUT2D eigenvalue weighted by Gasteiger charge is -2.28. The van der Waals surface area contributed by atoms with E-state index in [-0.39, 0.29) is 17.3 Å². The molecule has 2 unspecified atom stereocenters. The van der Waals surface area contributed by atoms with Gasteiger partial charge in [-0.05, 0) is 40.2 Å². The lowest BCUT2D eigenvalue weighted by molar-refractivity contribution is 0.0991. The molecular weight excluding hydrogens is 298 g/mol. The fourth-order valence-electron chi connectivity index (χ4n) is 3.23. The Kier molecular flexibility index (Phi) is 3.80. The molecule has 20 heavy (non-hydrogen) atoms. The Morgan fingerprint density at radius 2 is 2.05 bits per heavy atom. The Labute approximate surface area is 125 Å². The van der Waals surface area contributed by atoms with E-state index >= 15 is 0 Å². The maximum absolute atomic E-state index is 12.1. The second-order valence-corrected chi connectivity index (χ2v) is 8.78. The topological polar surface area (TPSA) is 56.1 Å². The summed E-state index contributed by atoms with van der Waals surface area (Å²) in [6, 6.07) is 1.81. The van der Waals surface area contributed by atoms with Crippen LogP contribution < -0.4 is 0 Å². The number of nitrogens with zero attached hydrogens (tertiary/aromatic N) is 1. The molecule has 0 N–H and O–H groups in total. The quantitative estimate of drug-likeness (QED) is 0.635. The number of alkyl halides is 1. The van der Waals surface area contributed by atoms with Crippen molar-refractivity contribution in [2.45, 2.75) is 45.0 Å². The standard InChI is InChI=1S/C14H20ClNO3S/c1-9-7-12(13(17)10(2)15)11(3)16(9)14(4)5-6-20(18,19)8-14/h7,10H,5-6,8H2,1-4H3. The molecule has 2 atom stereocenters. The van der Waals surface area contributed by atoms with Gasteiger partial charge in [0, 0.05) is 17.0 Å². The minimum atomic E-state index is -2.99. The van der Waals surface area contributed by atoms with Crippen LogP contribution in [0.1, 0.15) is 42.0 Å². The van der Waals surface area contributed by atoms with Crippen LogP contribution in [0.5, 0.6) is 0 Å². The molecule has 0 aliphatic carbocycles. The van der Waals surface area contributed by atoms with E-state index in [1.54, 1.807) is 6.92 Å². The summed E-state index contributed by atoms with van der Waals surface area (Å²) in [6.45, 7) is 7.35. The molecule has 0 amide bonds. The van der Waals surface area contributed by atoms with Crippen LogP contribution in [0.15, 0.2) is 6.07 Å². The minimum Gasteiger partial charge on any atom is -0.342 e. The lowest BCUT2D eigenvalue weighted by Crippen LogP contribution is -2.33. The van der Waals surface area contributed by atoms with Gasteiger partial charge in [0.25, 0.3) is 0 Å². The van der Waals surface area contributed by atoms with Crippen molar-refractivity contribution in [2.75, 3.05) is 11.5 Å². The summed E-state index contributed by atoms with van der Waals surface area (Å²) in [5, 5.41) is -0.580. The number of hydrogen-bond donors (Lipinski definition) is 0. The van der Waals surface area contributed by atoms with E-state index in [4.69, 9.17) is 11.6 Å². The van der Waals surface area contributed by atoms with E-state index in [0.29, 0.717) is 12.0 Å². The van der Waals surface area contributed by atoms with Crippen molar-refractivity contribution in [2.24, 2.45) is 0 Å². The van der Waals surface area contributed by atoms with Gasteiger partial charge in [-0.1, -0.05) is 0 Å². The molecule has 0 spiro atoms. The molecule has 1 aliphatic heterocycles. The molecule has 1 aromatic heterocycles. The van der Waals surface area contributed by atoms with E-state index < -0.39 is 20.8 Å². The third kappa shape index (κ3) is 2.53. The average molecular weight is 318 g/mol. The van der Waals surface area contributed by atoms with E-state index in [0.717, 1.165) is 11.4 Å². The number of halogens is 1. The van der Waals surface area contributed by atoms with Crippen LogP contribution in [0.25, 0.3) is 0 Å². The molecule has 0 aromatic carbocycles. The van der Waals surface area contributed by atoms with Crippen molar-refractivity contribution in [1.82, 2.24) is 4.57 Å². The molecule has 0 saturated carbocycles. The van der Waals surface area contributed by atoms with Crippen LogP contribution in [-0.4, -0.2) is 35.7 Å². The Morgan fingerprint density at radius 3 is 2.50 bits per heavy atom. The van der Waals surface area contributed by atoms with Gasteiger partial charge in [0.15, 0.2) is 15.6 Å². The first-order chi connectivity index (χ1) is 9.07. The number of aromatic nitrogens is 1. The normalized spacial score (nSPS) is 26.6. The Morgan fingerprint density at radius 1 is 1.45 bits per heavy atom. The summed E-state index contributed by atoms with van der Waals surface area (Å²) in [6.07, 6.45) is 0.579. The second kappa shape index (κ2) is 4.88. The van der Waals surface area contributed by atoms with Gasteiger partial charge in [0.05, 0.1) is 22.4 Å². The van der Waals surface area contributed by atoms with Gasteiger partial charge in [-0.2, -0.15) is 0 Å². The molecule has 1 saturated heterocycles. The number of hydrogen-bond acceptors (Lipinski definition) is 3. The van der Waals surface area contributed by atoms with Crippen LogP contribution in [0.3, 0.4) is 0 Å². The third-order valence-corrected chi connectivity index (χ3v) is 6.17. The summed E-state index contributed by atoms with van der Waals surface area (Å²) in [5.74, 6) is 0.214. The van der Waals surface area contributed by atoms with Gasteiger partial charge in [-0.15, -0.1) is 11.6 Å². The van der Waals surface area contributed by atoms with Gasteiger partial charge < -0.3 is 4.57 Å². The number of aryl methyl sites for hydroxylation is 1. The first-order valence-electron chi connectivity index (χ1n) is 6.65. The highest BCUT2D eigenvalue weighted by Gasteiger charge is 2.41. The summed E-state index contributed by atoms with van der Waals surface area (Å²) >= 11 is 5.88. The van der Waals surface area contributed by atoms with Crippen LogP contribution >= 0.6 is 11.6 Å². The van der Waals surface area contributed by atoms with Crippen LogP contribution in [-0.2, 0) is 15.4 Å². The van der Waals surface area contributed by atoms with E-state index in [9.17, 15) is 13.2 Å². The van der Waals surface area contributed by atoms with Crippen molar-refractivity contribution in [3.63, 3.8) is 0 Å². The zero-order valence-electron chi connectivity index (χ0n) is 12.2. The highest BCUT2D eigenvalue weighted by atomic mass is 35.5. The number of sulfone groups is 1. The van der Waals surface area contributed by atoms with Crippen LogP contribution in [0.2, 0.25) is 0 Å². The van der Waals surface area contributed by atoms with Crippen LogP contribution in [0.4, 0.5) is 0 Å². The number of carbonyl (C=O) groups excluding carboxylic acids is 1. The Balaban J connectivity index is 2.52. The summed E-state index contributed by atoms with van der Waals surface area (Å²) in [7, 11) is -2.99. The molecule has 112 valence electrons. The smallest absolute Gasteiger partial charge is 0.182 e. The van der Waals surface area contributed by atoms with Crippen molar-refractivity contribution in [1.29, 1.82) is 0 Å². The SMILES string of the molecule is Cc1cc(C(=O)C(C)Cl)c(C)n1C1(C)CCS(=O)(=O)C1. The fraction of sp³-hybridized carbons (Fsp3) is 0.643. The van der Waals surface area contributed by atoms with Crippen molar-refractivity contribution in [3.8, 4) is 0 Å². The van der Waals surface area contributed by atoms with Crippen molar-refractivity contribution < 1.29 is 13.2 Å². The molecule has 2 heterocycles. The molecule has 4 nitrogen and oxygen atoms in total. The largest absolute Gasteiger partial charge is 0.342 e. The predicted octanol–water partition coefficient (Wildman–Crippen LogP) is 2.45. The molecule has 6 heteroatoms. The van der Waals surface area contributed by atoms with Gasteiger partial charge >= 0.3 is 0 Å². The maximum atomic E-state index is 12.1. The molecule has 2 rings (SSSR count). The lowest BCUT2D eigenvalue weighted by atomic mass is 10.0. The Bertz CT molecular complexity index is 660. The van der Waals surface area contributed by atoms with Gasteiger partial charge in [0.2, 0.25) is 0 Å².